The minimum absolute atomic E-state index is 0.00462. The topological polar surface area (TPSA) is 116 Å². The van der Waals surface area contributed by atoms with Crippen LogP contribution in [0.2, 0.25) is 46.8 Å². The van der Waals surface area contributed by atoms with Gasteiger partial charge in [-0.15, -0.1) is 0 Å². The molecule has 0 amide bonds. The Morgan fingerprint density at radius 1 is 0.577 bits per heavy atom. The van der Waals surface area contributed by atoms with Gasteiger partial charge in [-0.3, -0.25) is 8.37 Å². The van der Waals surface area contributed by atoms with Crippen molar-refractivity contribution < 1.29 is 34.7 Å². The molecule has 17 heteroatoms. The van der Waals surface area contributed by atoms with Gasteiger partial charge in [-0.05, 0) is 92.3 Å². The van der Waals surface area contributed by atoms with E-state index in [9.17, 15) is 16.8 Å². The van der Waals surface area contributed by atoms with Crippen molar-refractivity contribution in [1.29, 1.82) is 0 Å². The molecule has 0 aliphatic heterocycles. The van der Waals surface area contributed by atoms with Gasteiger partial charge in [0, 0.05) is 13.2 Å². The fourth-order valence-corrected chi connectivity index (χ4v) is 16.0. The lowest BCUT2D eigenvalue weighted by Gasteiger charge is -2.42. The zero-order valence-electron chi connectivity index (χ0n) is 31.2. The van der Waals surface area contributed by atoms with Crippen LogP contribution in [-0.2, 0) is 33.0 Å². The summed E-state index contributed by atoms with van der Waals surface area (Å²) in [5.74, 6) is 0. The van der Waals surface area contributed by atoms with Gasteiger partial charge in [0.1, 0.15) is 9.79 Å². The van der Waals surface area contributed by atoms with Crippen LogP contribution in [0.4, 0.5) is 0 Å². The van der Waals surface area contributed by atoms with Crippen LogP contribution in [0.25, 0.3) is 0 Å². The van der Waals surface area contributed by atoms with E-state index in [-0.39, 0.29) is 46.5 Å². The van der Waals surface area contributed by atoms with Gasteiger partial charge in [0.15, 0.2) is 8.32 Å². The van der Waals surface area contributed by atoms with Gasteiger partial charge in [-0.25, -0.2) is 0 Å². The fraction of sp³-hybridized carbons (Fsp3) is 0.657. The minimum atomic E-state index is -4.04. The summed E-state index contributed by atoms with van der Waals surface area (Å²) in [6, 6.07) is 5.00. The molecule has 2 rings (SSSR count). The van der Waals surface area contributed by atoms with Crippen LogP contribution >= 0.6 is 69.6 Å². The molecule has 0 aliphatic rings. The maximum absolute atomic E-state index is 12.7. The second kappa shape index (κ2) is 23.4. The Kier molecular flexibility index (Phi) is 22.6. The quantitative estimate of drug-likeness (QED) is 0.0570. The third-order valence-corrected chi connectivity index (χ3v) is 20.1. The average molecular weight is 908 g/mol. The van der Waals surface area contributed by atoms with E-state index in [1.807, 2.05) is 13.8 Å². The first-order valence-corrected chi connectivity index (χ1v) is 24.7. The van der Waals surface area contributed by atoms with E-state index >= 15 is 0 Å². The van der Waals surface area contributed by atoms with Crippen LogP contribution in [0.1, 0.15) is 107 Å². The molecule has 0 fully saturated rings. The number of rotatable bonds is 21. The molecule has 0 heterocycles. The van der Waals surface area contributed by atoms with Gasteiger partial charge in [-0.1, -0.05) is 125 Å². The first-order valence-electron chi connectivity index (χ1n) is 17.5. The Hall–Kier alpha value is 0.137. The van der Waals surface area contributed by atoms with Crippen molar-refractivity contribution in [2.75, 3.05) is 13.2 Å². The van der Waals surface area contributed by atoms with E-state index in [0.29, 0.717) is 61.8 Å². The maximum atomic E-state index is 12.7. The van der Waals surface area contributed by atoms with Crippen LogP contribution < -0.4 is 0 Å². The van der Waals surface area contributed by atoms with Crippen molar-refractivity contribution in [3.8, 4) is 0 Å². The molecular weight excluding hydrogens is 853 g/mol. The molecule has 2 aromatic carbocycles. The third-order valence-electron chi connectivity index (χ3n) is 8.84. The Balaban J connectivity index is 0.000000560. The molecule has 0 saturated carbocycles. The van der Waals surface area contributed by atoms with Crippen molar-refractivity contribution in [3.05, 3.63) is 54.4 Å². The van der Waals surface area contributed by atoms with E-state index in [1.165, 1.54) is 24.3 Å². The average Bonchev–Trinajstić information content (AvgIpc) is 3.04. The Labute approximate surface area is 343 Å². The predicted octanol–water partition coefficient (Wildman–Crippen LogP) is 12.8. The summed E-state index contributed by atoms with van der Waals surface area (Å²) < 4.78 is 67.2. The van der Waals surface area contributed by atoms with Crippen LogP contribution in [0.3, 0.4) is 0 Å². The summed E-state index contributed by atoms with van der Waals surface area (Å²) in [4.78, 5) is -0.355. The largest absolute Gasteiger partial charge is 0.416 e. The SMILES string of the molecule is CCC(CCCCO)OS(=O)(=O)c1cc(Cl)c(Cl)cc1Cl.CCC(CCCCO[Si](C(C)C)(C(C)C)C(C)C)OS(=O)(=O)c1cc(Cl)c(Cl)cc1Cl. The van der Waals surface area contributed by atoms with Gasteiger partial charge in [-0.2, -0.15) is 16.8 Å². The van der Waals surface area contributed by atoms with E-state index in [4.69, 9.17) is 87.5 Å². The van der Waals surface area contributed by atoms with E-state index in [0.717, 1.165) is 12.8 Å². The summed E-state index contributed by atoms with van der Waals surface area (Å²) in [6.07, 6.45) is 4.34. The maximum Gasteiger partial charge on any atom is 0.298 e. The molecular formula is C35H54Cl6O8S2Si. The van der Waals surface area contributed by atoms with Crippen molar-refractivity contribution in [1.82, 2.24) is 0 Å². The second-order valence-electron chi connectivity index (χ2n) is 13.4. The number of hydrogen-bond donors (Lipinski definition) is 1. The van der Waals surface area contributed by atoms with Crippen molar-refractivity contribution in [3.63, 3.8) is 0 Å². The van der Waals surface area contributed by atoms with Gasteiger partial charge >= 0.3 is 0 Å². The number of hydrogen-bond acceptors (Lipinski definition) is 8. The number of unbranched alkanes of at least 4 members (excludes halogenated alkanes) is 2. The number of benzene rings is 2. The molecule has 0 aromatic heterocycles. The molecule has 0 saturated heterocycles. The molecule has 52 heavy (non-hydrogen) atoms. The van der Waals surface area contributed by atoms with Gasteiger partial charge in [0.05, 0.1) is 42.3 Å². The molecule has 300 valence electrons. The van der Waals surface area contributed by atoms with Crippen molar-refractivity contribution in [2.45, 2.75) is 145 Å². The fourth-order valence-electron chi connectivity index (χ4n) is 6.20. The molecule has 0 bridgehead atoms. The van der Waals surface area contributed by atoms with E-state index in [2.05, 4.69) is 41.5 Å². The molecule has 0 aliphatic carbocycles. The Bertz CT molecular complexity index is 1600. The molecule has 2 aromatic rings. The summed E-state index contributed by atoms with van der Waals surface area (Å²) in [5.41, 5.74) is 1.63. The van der Waals surface area contributed by atoms with Gasteiger partial charge in [0.2, 0.25) is 0 Å². The van der Waals surface area contributed by atoms with Crippen LogP contribution in [0.5, 0.6) is 0 Å². The zero-order chi connectivity index (χ0) is 40.0. The standard InChI is InChI=1S/C22H37Cl3O4SSi.C13H17Cl3O4S/c1-8-18(29-30(26,27)22-14-20(24)19(23)13-21(22)25)11-9-10-12-28-31(15(2)3,16(4)5)17(6)7;1-2-9(5-3-4-6-17)20-21(18,19)13-8-11(15)10(14)7-12(13)16/h13-18H,8-12H2,1-7H3;7-9,17H,2-6H2,1H3. The first-order chi connectivity index (χ1) is 24.1. The smallest absolute Gasteiger partial charge is 0.298 e. The van der Waals surface area contributed by atoms with E-state index in [1.54, 1.807) is 0 Å². The number of aliphatic hydroxyl groups is 1. The van der Waals surface area contributed by atoms with Crippen molar-refractivity contribution in [2.24, 2.45) is 0 Å². The normalized spacial score (nSPS) is 13.8. The highest BCUT2D eigenvalue weighted by molar-refractivity contribution is 7.87. The summed E-state index contributed by atoms with van der Waals surface area (Å²) in [7, 11) is -9.93. The number of aliphatic hydroxyl groups excluding tert-OH is 1. The predicted molar refractivity (Wildman–Crippen MR) is 219 cm³/mol. The molecule has 0 spiro atoms. The molecule has 8 nitrogen and oxygen atoms in total. The van der Waals surface area contributed by atoms with Crippen LogP contribution in [0, 0.1) is 0 Å². The van der Waals surface area contributed by atoms with Crippen LogP contribution in [-0.4, -0.2) is 55.7 Å². The minimum Gasteiger partial charge on any atom is -0.416 e. The lowest BCUT2D eigenvalue weighted by Crippen LogP contribution is -2.47. The van der Waals surface area contributed by atoms with E-state index < -0.39 is 40.8 Å². The zero-order valence-corrected chi connectivity index (χ0v) is 38.3. The lowest BCUT2D eigenvalue weighted by molar-refractivity contribution is 0.184. The van der Waals surface area contributed by atoms with Gasteiger partial charge in [0.25, 0.3) is 20.2 Å². The first kappa shape index (κ1) is 50.2. The Morgan fingerprint density at radius 2 is 0.923 bits per heavy atom. The lowest BCUT2D eigenvalue weighted by atomic mass is 10.1. The Morgan fingerprint density at radius 3 is 1.25 bits per heavy atom. The highest BCUT2D eigenvalue weighted by atomic mass is 35.5. The summed E-state index contributed by atoms with van der Waals surface area (Å²) in [5, 5.41) is 9.30. The summed E-state index contributed by atoms with van der Waals surface area (Å²) in [6.45, 7) is 18.1. The highest BCUT2D eigenvalue weighted by Gasteiger charge is 2.44. The molecule has 2 atom stereocenters. The molecule has 0 radical (unpaired) electrons. The number of halogens is 6. The highest BCUT2D eigenvalue weighted by Crippen LogP contribution is 2.42. The monoisotopic (exact) mass is 904 g/mol. The third kappa shape index (κ3) is 14.9. The second-order valence-corrected chi connectivity index (χ2v) is 24.4. The van der Waals surface area contributed by atoms with Crippen LogP contribution in [0.15, 0.2) is 34.1 Å². The van der Waals surface area contributed by atoms with Gasteiger partial charge < -0.3 is 9.53 Å². The molecule has 1 N–H and O–H groups in total. The molecule has 2 unspecified atom stereocenters. The summed E-state index contributed by atoms with van der Waals surface area (Å²) >= 11 is 35.4. The van der Waals surface area contributed by atoms with Crippen molar-refractivity contribution >= 4 is 98.2 Å².